The second-order valence-corrected chi connectivity index (χ2v) is 8.03. The van der Waals surface area contributed by atoms with Crippen molar-refractivity contribution < 1.29 is 14.4 Å². The Labute approximate surface area is 162 Å². The Morgan fingerprint density at radius 2 is 2.07 bits per heavy atom. The van der Waals surface area contributed by atoms with Crippen molar-refractivity contribution in [3.05, 3.63) is 74.5 Å². The van der Waals surface area contributed by atoms with E-state index in [0.29, 0.717) is 11.4 Å². The molecular formula is C20H21ClN2O4. The third-order valence-electron chi connectivity index (χ3n) is 6.04. The van der Waals surface area contributed by atoms with Crippen LogP contribution in [0.25, 0.3) is 0 Å². The minimum Gasteiger partial charge on any atom is -0.457 e. The monoisotopic (exact) mass is 388 g/mol. The lowest BCUT2D eigenvalue weighted by Crippen LogP contribution is -2.58. The highest BCUT2D eigenvalue weighted by atomic mass is 35.5. The van der Waals surface area contributed by atoms with Gasteiger partial charge in [0.25, 0.3) is 0 Å². The number of rotatable bonds is 2. The molecule has 0 fully saturated rings. The highest BCUT2D eigenvalue weighted by Crippen LogP contribution is 2.56. The molecule has 2 heterocycles. The summed E-state index contributed by atoms with van der Waals surface area (Å²) in [4.78, 5) is 13.5. The van der Waals surface area contributed by atoms with Gasteiger partial charge in [-0.25, -0.2) is 0 Å². The fourth-order valence-electron chi connectivity index (χ4n) is 4.42. The van der Waals surface area contributed by atoms with Crippen molar-refractivity contribution in [1.82, 2.24) is 0 Å². The Bertz CT molecular complexity index is 936. The van der Waals surface area contributed by atoms with Crippen molar-refractivity contribution in [2.45, 2.75) is 37.1 Å². The van der Waals surface area contributed by atoms with E-state index < -0.39 is 21.8 Å². The molecule has 6 nitrogen and oxygen atoms in total. The summed E-state index contributed by atoms with van der Waals surface area (Å²) in [6.07, 6.45) is 7.67. The first kappa shape index (κ1) is 18.1. The van der Waals surface area contributed by atoms with Crippen molar-refractivity contribution >= 4 is 17.3 Å². The van der Waals surface area contributed by atoms with Gasteiger partial charge < -0.3 is 14.4 Å². The second kappa shape index (κ2) is 5.59. The maximum Gasteiger partial charge on any atom is 0.402 e. The zero-order valence-corrected chi connectivity index (χ0v) is 16.4. The van der Waals surface area contributed by atoms with Crippen LogP contribution in [0.2, 0.25) is 5.02 Å². The number of benzene rings is 1. The lowest BCUT2D eigenvalue weighted by atomic mass is 9.76. The van der Waals surface area contributed by atoms with Crippen LogP contribution in [0, 0.1) is 10.1 Å². The smallest absolute Gasteiger partial charge is 0.402 e. The van der Waals surface area contributed by atoms with Crippen LogP contribution in [0.4, 0.5) is 5.69 Å². The number of nitro groups is 1. The number of nitrogens with zero attached hydrogens (tertiary/aromatic N) is 2. The summed E-state index contributed by atoms with van der Waals surface area (Å²) in [6.45, 7) is 4.11. The number of ether oxygens (including phenoxy) is 2. The van der Waals surface area contributed by atoms with Crippen LogP contribution < -0.4 is 4.90 Å². The first-order valence-electron chi connectivity index (χ1n) is 8.73. The number of likely N-dealkylation sites (N-methyl/N-ethyl adjacent to an activating group) is 1. The van der Waals surface area contributed by atoms with Gasteiger partial charge in [0, 0.05) is 36.5 Å². The average molecular weight is 389 g/mol. The van der Waals surface area contributed by atoms with E-state index >= 15 is 0 Å². The average Bonchev–Trinajstić information content (AvgIpc) is 2.79. The molecule has 0 radical (unpaired) electrons. The zero-order chi connectivity index (χ0) is 19.6. The van der Waals surface area contributed by atoms with Crippen molar-refractivity contribution in [2.24, 2.45) is 0 Å². The molecule has 0 N–H and O–H groups in total. The summed E-state index contributed by atoms with van der Waals surface area (Å²) in [5, 5.41) is 12.6. The molecule has 1 aromatic carbocycles. The standard InChI is InChI=1S/C20H21ClN2O4/c1-18(2)15-12-14(21)7-8-16(15)22(3)20(18)11-9-13-6-5-10-19(26-4,23(24)25)17(13)27-20/h5,7-12H,6H2,1-4H3. The Morgan fingerprint density at radius 1 is 1.33 bits per heavy atom. The van der Waals surface area contributed by atoms with E-state index in [0.717, 1.165) is 16.8 Å². The van der Waals surface area contributed by atoms with Crippen molar-refractivity contribution in [1.29, 1.82) is 0 Å². The van der Waals surface area contributed by atoms with Crippen LogP contribution in [0.5, 0.6) is 0 Å². The van der Waals surface area contributed by atoms with E-state index in [1.54, 1.807) is 6.08 Å². The third-order valence-corrected chi connectivity index (χ3v) is 6.27. The Kier molecular flexibility index (Phi) is 3.74. The molecule has 142 valence electrons. The molecule has 27 heavy (non-hydrogen) atoms. The summed E-state index contributed by atoms with van der Waals surface area (Å²) < 4.78 is 11.9. The molecule has 1 spiro atoms. The van der Waals surface area contributed by atoms with E-state index in [4.69, 9.17) is 21.1 Å². The Morgan fingerprint density at radius 3 is 2.74 bits per heavy atom. The highest BCUT2D eigenvalue weighted by Gasteiger charge is 2.62. The van der Waals surface area contributed by atoms with E-state index in [-0.39, 0.29) is 5.76 Å². The largest absolute Gasteiger partial charge is 0.457 e. The van der Waals surface area contributed by atoms with E-state index in [2.05, 4.69) is 13.8 Å². The van der Waals surface area contributed by atoms with Crippen LogP contribution in [0.1, 0.15) is 25.8 Å². The first-order valence-corrected chi connectivity index (χ1v) is 9.10. The molecule has 2 atom stereocenters. The normalized spacial score (nSPS) is 30.3. The predicted octanol–water partition coefficient (Wildman–Crippen LogP) is 4.18. The molecule has 0 saturated carbocycles. The summed E-state index contributed by atoms with van der Waals surface area (Å²) in [7, 11) is 3.26. The minimum atomic E-state index is -1.82. The van der Waals surface area contributed by atoms with Gasteiger partial charge in [0.1, 0.15) is 0 Å². The summed E-state index contributed by atoms with van der Waals surface area (Å²) in [5.41, 5.74) is -0.498. The Balaban J connectivity index is 1.88. The van der Waals surface area contributed by atoms with Crippen molar-refractivity contribution in [3.63, 3.8) is 0 Å². The van der Waals surface area contributed by atoms with Crippen LogP contribution in [0.15, 0.2) is 53.8 Å². The fraction of sp³-hybridized carbons (Fsp3) is 0.400. The van der Waals surface area contributed by atoms with Crippen molar-refractivity contribution in [2.75, 3.05) is 19.1 Å². The van der Waals surface area contributed by atoms with E-state index in [1.165, 1.54) is 13.2 Å². The predicted molar refractivity (Wildman–Crippen MR) is 103 cm³/mol. The first-order chi connectivity index (χ1) is 12.7. The number of halogens is 1. The lowest BCUT2D eigenvalue weighted by Gasteiger charge is -2.47. The van der Waals surface area contributed by atoms with Gasteiger partial charge in [-0.15, -0.1) is 0 Å². The number of hydrogen-bond donors (Lipinski definition) is 0. The zero-order valence-electron chi connectivity index (χ0n) is 15.7. The highest BCUT2D eigenvalue weighted by molar-refractivity contribution is 6.30. The van der Waals surface area contributed by atoms with Gasteiger partial charge in [-0.05, 0) is 50.1 Å². The molecule has 0 amide bonds. The third kappa shape index (κ3) is 2.11. The van der Waals surface area contributed by atoms with Crippen LogP contribution in [0.3, 0.4) is 0 Å². The topological polar surface area (TPSA) is 64.8 Å². The maximum atomic E-state index is 11.9. The molecule has 7 heteroatoms. The SMILES string of the molecule is COC1([N+](=O)[O-])C=CCC2=C1OC1(C=C2)N(C)c2ccc(Cl)cc2C1(C)C. The van der Waals surface area contributed by atoms with E-state index in [9.17, 15) is 10.1 Å². The molecule has 1 aromatic rings. The van der Waals surface area contributed by atoms with Gasteiger partial charge in [-0.3, -0.25) is 10.1 Å². The minimum absolute atomic E-state index is 0.235. The number of hydrogen-bond acceptors (Lipinski definition) is 5. The lowest BCUT2D eigenvalue weighted by molar-refractivity contribution is -0.604. The molecule has 2 aliphatic heterocycles. The summed E-state index contributed by atoms with van der Waals surface area (Å²) >= 11 is 6.24. The molecule has 0 saturated heterocycles. The van der Waals surface area contributed by atoms with Gasteiger partial charge in [-0.2, -0.15) is 0 Å². The van der Waals surface area contributed by atoms with E-state index in [1.807, 2.05) is 42.3 Å². The van der Waals surface area contributed by atoms with Crippen LogP contribution >= 0.6 is 11.6 Å². The molecule has 4 rings (SSSR count). The molecule has 1 aliphatic carbocycles. The Hall–Kier alpha value is -2.31. The second-order valence-electron chi connectivity index (χ2n) is 7.60. The van der Waals surface area contributed by atoms with Gasteiger partial charge in [0.15, 0.2) is 0 Å². The van der Waals surface area contributed by atoms with Gasteiger partial charge in [0.2, 0.25) is 11.5 Å². The number of methoxy groups -OCH3 is 1. The van der Waals surface area contributed by atoms with Crippen molar-refractivity contribution in [3.8, 4) is 0 Å². The maximum absolute atomic E-state index is 11.9. The number of anilines is 1. The summed E-state index contributed by atoms with van der Waals surface area (Å²) in [6, 6.07) is 5.72. The molecule has 3 aliphatic rings. The fourth-order valence-corrected chi connectivity index (χ4v) is 4.59. The van der Waals surface area contributed by atoms with Crippen LogP contribution in [-0.2, 0) is 14.9 Å². The summed E-state index contributed by atoms with van der Waals surface area (Å²) in [5.74, 6) is 0.235. The molecule has 0 aromatic heterocycles. The van der Waals surface area contributed by atoms with Gasteiger partial charge >= 0.3 is 5.72 Å². The molecular weight excluding hydrogens is 368 g/mol. The van der Waals surface area contributed by atoms with Gasteiger partial charge in [0.05, 0.1) is 10.3 Å². The molecule has 2 unspecified atom stereocenters. The van der Waals surface area contributed by atoms with Crippen LogP contribution in [-0.4, -0.2) is 30.5 Å². The number of fused-ring (bicyclic) bond motifs is 1. The number of allylic oxidation sites excluding steroid dienone is 3. The molecule has 0 bridgehead atoms. The quantitative estimate of drug-likeness (QED) is 0.329. The van der Waals surface area contributed by atoms with Gasteiger partial charge in [-0.1, -0.05) is 23.8 Å².